The summed E-state index contributed by atoms with van der Waals surface area (Å²) in [6, 6.07) is 7.12. The second-order valence-electron chi connectivity index (χ2n) is 9.85. The predicted octanol–water partition coefficient (Wildman–Crippen LogP) is 2.41. The second-order valence-corrected chi connectivity index (χ2v) is 9.85. The molecule has 1 aliphatic heterocycles. The Balaban J connectivity index is 1.90. The molecule has 1 heterocycles. The number of alkyl carbamates (subject to hydrolysis) is 1. The van der Waals surface area contributed by atoms with Crippen molar-refractivity contribution in [3.05, 3.63) is 29.8 Å². The molecule has 1 unspecified atom stereocenters. The number of para-hydroxylation sites is 1. The van der Waals surface area contributed by atoms with Gasteiger partial charge >= 0.3 is 6.09 Å². The molecule has 9 heteroatoms. The van der Waals surface area contributed by atoms with Crippen molar-refractivity contribution in [1.29, 1.82) is 0 Å². The number of benzene rings is 1. The topological polar surface area (TPSA) is 117 Å². The highest BCUT2D eigenvalue weighted by Crippen LogP contribution is 2.27. The highest BCUT2D eigenvalue weighted by atomic mass is 16.6. The zero-order valence-electron chi connectivity index (χ0n) is 19.7. The SMILES string of the molecule is CC(C)(C)OC(=O)NCC(=O)NCc1ccccc1NC(=O)C1CC(=O)N(C(C)(C)C)C1. The summed E-state index contributed by atoms with van der Waals surface area (Å²) in [4.78, 5) is 50.5. The number of likely N-dealkylation sites (tertiary alicyclic amines) is 1. The van der Waals surface area contributed by atoms with Crippen LogP contribution in [0.15, 0.2) is 24.3 Å². The van der Waals surface area contributed by atoms with Crippen LogP contribution in [0.2, 0.25) is 0 Å². The number of carbonyl (C=O) groups is 4. The molecule has 4 amide bonds. The first-order chi connectivity index (χ1) is 14.8. The maximum atomic E-state index is 12.8. The summed E-state index contributed by atoms with van der Waals surface area (Å²) in [5.74, 6) is -1.08. The van der Waals surface area contributed by atoms with E-state index in [1.54, 1.807) is 49.9 Å². The van der Waals surface area contributed by atoms with Crippen LogP contribution in [0.25, 0.3) is 0 Å². The van der Waals surface area contributed by atoms with Crippen molar-refractivity contribution in [2.24, 2.45) is 5.92 Å². The summed E-state index contributed by atoms with van der Waals surface area (Å²) in [7, 11) is 0. The fourth-order valence-electron chi connectivity index (χ4n) is 3.29. The molecule has 2 rings (SSSR count). The number of carbonyl (C=O) groups excluding carboxylic acids is 4. The Hall–Kier alpha value is -3.10. The van der Waals surface area contributed by atoms with Gasteiger partial charge in [-0.15, -0.1) is 0 Å². The van der Waals surface area contributed by atoms with Gasteiger partial charge in [0.15, 0.2) is 0 Å². The van der Waals surface area contributed by atoms with Gasteiger partial charge in [0.25, 0.3) is 0 Å². The zero-order valence-corrected chi connectivity index (χ0v) is 19.7. The fraction of sp³-hybridized carbons (Fsp3) is 0.565. The van der Waals surface area contributed by atoms with Gasteiger partial charge in [0.1, 0.15) is 12.1 Å². The molecule has 0 aromatic heterocycles. The van der Waals surface area contributed by atoms with Crippen molar-refractivity contribution in [1.82, 2.24) is 15.5 Å². The van der Waals surface area contributed by atoms with Crippen LogP contribution in [0.1, 0.15) is 53.5 Å². The van der Waals surface area contributed by atoms with Gasteiger partial charge in [0.05, 0.1) is 5.92 Å². The summed E-state index contributed by atoms with van der Waals surface area (Å²) in [6.45, 7) is 11.4. The average Bonchev–Trinajstić information content (AvgIpc) is 3.06. The van der Waals surface area contributed by atoms with E-state index in [-0.39, 0.29) is 42.8 Å². The highest BCUT2D eigenvalue weighted by Gasteiger charge is 2.39. The van der Waals surface area contributed by atoms with E-state index in [4.69, 9.17) is 4.74 Å². The summed E-state index contributed by atoms with van der Waals surface area (Å²) in [5, 5.41) is 8.00. The Morgan fingerprint density at radius 1 is 1.06 bits per heavy atom. The largest absolute Gasteiger partial charge is 0.444 e. The molecule has 32 heavy (non-hydrogen) atoms. The van der Waals surface area contributed by atoms with E-state index in [9.17, 15) is 19.2 Å². The smallest absolute Gasteiger partial charge is 0.408 e. The molecule has 0 radical (unpaired) electrons. The van der Waals surface area contributed by atoms with Gasteiger partial charge in [0.2, 0.25) is 17.7 Å². The van der Waals surface area contributed by atoms with Crippen LogP contribution in [-0.2, 0) is 25.7 Å². The lowest BCUT2D eigenvalue weighted by atomic mass is 10.1. The molecule has 176 valence electrons. The molecule has 1 aromatic rings. The van der Waals surface area contributed by atoms with Crippen molar-refractivity contribution in [3.63, 3.8) is 0 Å². The van der Waals surface area contributed by atoms with Gasteiger partial charge in [0, 0.05) is 30.7 Å². The molecule has 1 atom stereocenters. The first kappa shape index (κ1) is 25.2. The second kappa shape index (κ2) is 10.0. The summed E-state index contributed by atoms with van der Waals surface area (Å²) in [6.07, 6.45) is -0.492. The fourth-order valence-corrected chi connectivity index (χ4v) is 3.29. The normalized spacial score (nSPS) is 16.5. The molecule has 1 fully saturated rings. The van der Waals surface area contributed by atoms with E-state index in [2.05, 4.69) is 16.0 Å². The number of nitrogens with one attached hydrogen (secondary N) is 3. The van der Waals surface area contributed by atoms with Gasteiger partial charge in [-0.3, -0.25) is 14.4 Å². The number of anilines is 1. The first-order valence-electron chi connectivity index (χ1n) is 10.7. The molecular weight excluding hydrogens is 412 g/mol. The van der Waals surface area contributed by atoms with Gasteiger partial charge < -0.3 is 25.6 Å². The number of hydrogen-bond donors (Lipinski definition) is 3. The number of hydrogen-bond acceptors (Lipinski definition) is 5. The Morgan fingerprint density at radius 3 is 2.31 bits per heavy atom. The Kier molecular flexibility index (Phi) is 7.87. The molecule has 9 nitrogen and oxygen atoms in total. The van der Waals surface area contributed by atoms with Crippen LogP contribution >= 0.6 is 0 Å². The number of amides is 4. The van der Waals surface area contributed by atoms with E-state index in [0.29, 0.717) is 17.8 Å². The molecule has 0 spiro atoms. The highest BCUT2D eigenvalue weighted by molar-refractivity contribution is 5.97. The number of ether oxygens (including phenoxy) is 1. The van der Waals surface area contributed by atoms with Crippen LogP contribution in [-0.4, -0.2) is 52.9 Å². The van der Waals surface area contributed by atoms with E-state index in [0.717, 1.165) is 0 Å². The minimum Gasteiger partial charge on any atom is -0.444 e. The summed E-state index contributed by atoms with van der Waals surface area (Å²) in [5.41, 5.74) is 0.302. The van der Waals surface area contributed by atoms with Crippen LogP contribution in [0.4, 0.5) is 10.5 Å². The predicted molar refractivity (Wildman–Crippen MR) is 121 cm³/mol. The Morgan fingerprint density at radius 2 is 1.72 bits per heavy atom. The quantitative estimate of drug-likeness (QED) is 0.620. The zero-order chi connectivity index (χ0) is 24.1. The van der Waals surface area contributed by atoms with Crippen LogP contribution in [0, 0.1) is 5.92 Å². The van der Waals surface area contributed by atoms with Gasteiger partial charge in [-0.2, -0.15) is 0 Å². The molecule has 1 saturated heterocycles. The molecule has 3 N–H and O–H groups in total. The van der Waals surface area contributed by atoms with Crippen molar-refractivity contribution in [2.45, 2.75) is 65.6 Å². The third kappa shape index (κ3) is 7.55. The van der Waals surface area contributed by atoms with Crippen molar-refractivity contribution in [2.75, 3.05) is 18.4 Å². The minimum absolute atomic E-state index is 0.0318. The van der Waals surface area contributed by atoms with E-state index in [1.165, 1.54) is 0 Å². The molecule has 0 aliphatic carbocycles. The van der Waals surface area contributed by atoms with E-state index >= 15 is 0 Å². The summed E-state index contributed by atoms with van der Waals surface area (Å²) >= 11 is 0. The summed E-state index contributed by atoms with van der Waals surface area (Å²) < 4.78 is 5.09. The third-order valence-corrected chi connectivity index (χ3v) is 4.85. The van der Waals surface area contributed by atoms with Crippen molar-refractivity contribution < 1.29 is 23.9 Å². The van der Waals surface area contributed by atoms with Gasteiger partial charge in [-0.05, 0) is 53.2 Å². The van der Waals surface area contributed by atoms with Gasteiger partial charge in [-0.25, -0.2) is 4.79 Å². The lowest BCUT2D eigenvalue weighted by Crippen LogP contribution is -2.42. The first-order valence-corrected chi connectivity index (χ1v) is 10.7. The van der Waals surface area contributed by atoms with Crippen LogP contribution in [0.5, 0.6) is 0 Å². The Bertz CT molecular complexity index is 870. The van der Waals surface area contributed by atoms with Crippen LogP contribution < -0.4 is 16.0 Å². The van der Waals surface area contributed by atoms with E-state index in [1.807, 2.05) is 20.8 Å². The molecular formula is C23H34N4O5. The minimum atomic E-state index is -0.671. The molecule has 1 aromatic carbocycles. The Labute approximate surface area is 189 Å². The molecule has 0 bridgehead atoms. The lowest BCUT2D eigenvalue weighted by Gasteiger charge is -2.32. The monoisotopic (exact) mass is 446 g/mol. The molecule has 1 aliphatic rings. The van der Waals surface area contributed by atoms with Gasteiger partial charge in [-0.1, -0.05) is 18.2 Å². The lowest BCUT2D eigenvalue weighted by molar-refractivity contribution is -0.131. The number of nitrogens with zero attached hydrogens (tertiary/aromatic N) is 1. The molecule has 0 saturated carbocycles. The maximum absolute atomic E-state index is 12.8. The maximum Gasteiger partial charge on any atom is 0.408 e. The average molecular weight is 447 g/mol. The van der Waals surface area contributed by atoms with Crippen LogP contribution in [0.3, 0.4) is 0 Å². The van der Waals surface area contributed by atoms with Crippen molar-refractivity contribution in [3.8, 4) is 0 Å². The van der Waals surface area contributed by atoms with Crippen molar-refractivity contribution >= 4 is 29.5 Å². The number of rotatable bonds is 6. The van der Waals surface area contributed by atoms with E-state index < -0.39 is 17.6 Å². The standard InChI is InChI=1S/C23H34N4O5/c1-22(2,3)27-14-16(11-19(27)29)20(30)26-17-10-8-7-9-15(17)12-24-18(28)13-25-21(31)32-23(4,5)6/h7-10,16H,11-14H2,1-6H3,(H,24,28)(H,25,31)(H,26,30). The third-order valence-electron chi connectivity index (χ3n) is 4.85.